The van der Waals surface area contributed by atoms with Gasteiger partial charge in [-0.3, -0.25) is 14.5 Å². The zero-order valence-electron chi connectivity index (χ0n) is 14.0. The van der Waals surface area contributed by atoms with Gasteiger partial charge >= 0.3 is 0 Å². The second-order valence-electron chi connectivity index (χ2n) is 6.66. The van der Waals surface area contributed by atoms with Crippen LogP contribution >= 0.6 is 0 Å². The van der Waals surface area contributed by atoms with Crippen LogP contribution in [0.5, 0.6) is 0 Å². The molecule has 5 heteroatoms. The fourth-order valence-corrected chi connectivity index (χ4v) is 2.90. The van der Waals surface area contributed by atoms with E-state index >= 15 is 0 Å². The molecule has 1 N–H and O–H groups in total. The van der Waals surface area contributed by atoms with Crippen LogP contribution < -0.4 is 5.32 Å². The van der Waals surface area contributed by atoms with Crippen molar-refractivity contribution in [2.75, 3.05) is 32.7 Å². The highest BCUT2D eigenvalue weighted by atomic mass is 16.2. The number of nitrogens with one attached hydrogen (secondary N) is 1. The van der Waals surface area contributed by atoms with Crippen molar-refractivity contribution in [3.05, 3.63) is 0 Å². The molecule has 0 bridgehead atoms. The van der Waals surface area contributed by atoms with Crippen molar-refractivity contribution in [1.82, 2.24) is 15.1 Å². The topological polar surface area (TPSA) is 52.7 Å². The Morgan fingerprint density at radius 3 is 2.32 bits per heavy atom. The van der Waals surface area contributed by atoms with Crippen molar-refractivity contribution >= 4 is 11.8 Å². The Morgan fingerprint density at radius 1 is 1.00 bits per heavy atom. The summed E-state index contributed by atoms with van der Waals surface area (Å²) in [6.45, 7) is 5.86. The van der Waals surface area contributed by atoms with Crippen LogP contribution in [0.2, 0.25) is 0 Å². The molecule has 0 aromatic heterocycles. The molecular weight excluding hydrogens is 278 g/mol. The molecular formula is C17H31N3O2. The molecule has 0 aromatic carbocycles. The first kappa shape index (κ1) is 17.3. The Kier molecular flexibility index (Phi) is 7.16. The summed E-state index contributed by atoms with van der Waals surface area (Å²) in [5, 5.41) is 3.02. The monoisotopic (exact) mass is 309 g/mol. The van der Waals surface area contributed by atoms with Gasteiger partial charge in [-0.15, -0.1) is 0 Å². The first-order valence-electron chi connectivity index (χ1n) is 8.98. The molecule has 0 spiro atoms. The van der Waals surface area contributed by atoms with E-state index in [1.54, 1.807) is 0 Å². The molecule has 1 aliphatic carbocycles. The number of amides is 2. The first-order valence-corrected chi connectivity index (χ1v) is 8.98. The molecule has 2 aliphatic rings. The third-order valence-electron chi connectivity index (χ3n) is 4.53. The average molecular weight is 309 g/mol. The van der Waals surface area contributed by atoms with E-state index in [2.05, 4.69) is 17.1 Å². The number of piperazine rings is 1. The average Bonchev–Trinajstić information content (AvgIpc) is 3.31. The Bertz CT molecular complexity index is 361. The number of hydrogen-bond donors (Lipinski definition) is 1. The van der Waals surface area contributed by atoms with E-state index in [1.165, 1.54) is 25.7 Å². The highest BCUT2D eigenvalue weighted by Gasteiger charge is 2.26. The number of rotatable bonds is 9. The van der Waals surface area contributed by atoms with E-state index in [-0.39, 0.29) is 5.91 Å². The van der Waals surface area contributed by atoms with Crippen molar-refractivity contribution in [2.24, 2.45) is 0 Å². The normalized spacial score (nSPS) is 19.2. The highest BCUT2D eigenvalue weighted by molar-refractivity contribution is 5.79. The maximum Gasteiger partial charge on any atom is 0.234 e. The molecule has 0 atom stereocenters. The fraction of sp³-hybridized carbons (Fsp3) is 0.882. The Hall–Kier alpha value is -1.10. The van der Waals surface area contributed by atoms with Gasteiger partial charge in [-0.05, 0) is 19.3 Å². The zero-order chi connectivity index (χ0) is 15.8. The van der Waals surface area contributed by atoms with Gasteiger partial charge < -0.3 is 10.2 Å². The van der Waals surface area contributed by atoms with Crippen LogP contribution in [0.4, 0.5) is 0 Å². The lowest BCUT2D eigenvalue weighted by Crippen LogP contribution is -2.51. The van der Waals surface area contributed by atoms with E-state index in [0.29, 0.717) is 24.9 Å². The van der Waals surface area contributed by atoms with E-state index in [1.807, 2.05) is 4.90 Å². The molecule has 1 aliphatic heterocycles. The predicted molar refractivity (Wildman–Crippen MR) is 87.6 cm³/mol. The van der Waals surface area contributed by atoms with Crippen LogP contribution in [0.15, 0.2) is 0 Å². The lowest BCUT2D eigenvalue weighted by Gasteiger charge is -2.34. The minimum Gasteiger partial charge on any atom is -0.352 e. The SMILES string of the molecule is CCCCCCCC(=O)N1CCN(CC(=O)NC2CC2)CC1. The summed E-state index contributed by atoms with van der Waals surface area (Å²) in [5.74, 6) is 0.428. The molecule has 1 saturated heterocycles. The third-order valence-corrected chi connectivity index (χ3v) is 4.53. The molecule has 0 aromatic rings. The molecule has 1 saturated carbocycles. The van der Waals surface area contributed by atoms with Crippen molar-refractivity contribution in [3.8, 4) is 0 Å². The van der Waals surface area contributed by atoms with E-state index in [9.17, 15) is 9.59 Å². The summed E-state index contributed by atoms with van der Waals surface area (Å²) < 4.78 is 0. The number of carbonyl (C=O) groups excluding carboxylic acids is 2. The lowest BCUT2D eigenvalue weighted by molar-refractivity contribution is -0.133. The molecule has 22 heavy (non-hydrogen) atoms. The minimum atomic E-state index is 0.137. The van der Waals surface area contributed by atoms with Gasteiger partial charge in [0.15, 0.2) is 0 Å². The van der Waals surface area contributed by atoms with Crippen LogP contribution in [-0.4, -0.2) is 60.4 Å². The van der Waals surface area contributed by atoms with Gasteiger partial charge in [0.25, 0.3) is 0 Å². The van der Waals surface area contributed by atoms with E-state index in [4.69, 9.17) is 0 Å². The molecule has 0 radical (unpaired) electrons. The molecule has 2 fully saturated rings. The molecule has 1 heterocycles. The predicted octanol–water partition coefficient (Wildman–Crippen LogP) is 1.77. The summed E-state index contributed by atoms with van der Waals surface area (Å²) in [7, 11) is 0. The Balaban J connectivity index is 1.55. The van der Waals surface area contributed by atoms with Gasteiger partial charge in [0, 0.05) is 38.6 Å². The number of nitrogens with zero attached hydrogens (tertiary/aromatic N) is 2. The summed E-state index contributed by atoms with van der Waals surface area (Å²) in [6, 6.07) is 0.433. The molecule has 2 rings (SSSR count). The van der Waals surface area contributed by atoms with E-state index in [0.717, 1.165) is 45.4 Å². The van der Waals surface area contributed by atoms with Crippen LogP contribution in [0, 0.1) is 0 Å². The number of carbonyl (C=O) groups is 2. The Morgan fingerprint density at radius 2 is 1.68 bits per heavy atom. The number of hydrogen-bond acceptors (Lipinski definition) is 3. The second kappa shape index (κ2) is 9.13. The van der Waals surface area contributed by atoms with Crippen LogP contribution in [-0.2, 0) is 9.59 Å². The third kappa shape index (κ3) is 6.34. The molecule has 5 nitrogen and oxygen atoms in total. The molecule has 2 amide bonds. The largest absolute Gasteiger partial charge is 0.352 e. The lowest BCUT2D eigenvalue weighted by atomic mass is 10.1. The van der Waals surface area contributed by atoms with Gasteiger partial charge in [-0.2, -0.15) is 0 Å². The summed E-state index contributed by atoms with van der Waals surface area (Å²) in [6.07, 6.45) is 8.89. The van der Waals surface area contributed by atoms with Gasteiger partial charge in [0.2, 0.25) is 11.8 Å². The second-order valence-corrected chi connectivity index (χ2v) is 6.66. The van der Waals surface area contributed by atoms with Crippen molar-refractivity contribution in [3.63, 3.8) is 0 Å². The van der Waals surface area contributed by atoms with Crippen LogP contribution in [0.1, 0.15) is 58.3 Å². The smallest absolute Gasteiger partial charge is 0.234 e. The van der Waals surface area contributed by atoms with Crippen LogP contribution in [0.3, 0.4) is 0 Å². The maximum absolute atomic E-state index is 12.1. The van der Waals surface area contributed by atoms with Crippen LogP contribution in [0.25, 0.3) is 0 Å². The van der Waals surface area contributed by atoms with Crippen molar-refractivity contribution in [2.45, 2.75) is 64.3 Å². The minimum absolute atomic E-state index is 0.137. The van der Waals surface area contributed by atoms with Gasteiger partial charge in [-0.1, -0.05) is 32.6 Å². The summed E-state index contributed by atoms with van der Waals surface area (Å²) in [5.41, 5.74) is 0. The highest BCUT2D eigenvalue weighted by Crippen LogP contribution is 2.18. The summed E-state index contributed by atoms with van der Waals surface area (Å²) >= 11 is 0. The van der Waals surface area contributed by atoms with Crippen molar-refractivity contribution in [1.29, 1.82) is 0 Å². The van der Waals surface area contributed by atoms with Gasteiger partial charge in [0.1, 0.15) is 0 Å². The zero-order valence-corrected chi connectivity index (χ0v) is 14.0. The first-order chi connectivity index (χ1) is 10.7. The van der Waals surface area contributed by atoms with Gasteiger partial charge in [-0.25, -0.2) is 0 Å². The van der Waals surface area contributed by atoms with Crippen molar-refractivity contribution < 1.29 is 9.59 Å². The standard InChI is InChI=1S/C17H31N3O2/c1-2-3-4-5-6-7-17(22)20-12-10-19(11-13-20)14-16(21)18-15-8-9-15/h15H,2-14H2,1H3,(H,18,21). The fourth-order valence-electron chi connectivity index (χ4n) is 2.90. The van der Waals surface area contributed by atoms with E-state index < -0.39 is 0 Å². The number of unbranched alkanes of at least 4 members (excludes halogenated alkanes) is 4. The Labute approximate surface area is 134 Å². The summed E-state index contributed by atoms with van der Waals surface area (Å²) in [4.78, 5) is 28.0. The maximum atomic E-state index is 12.1. The quantitative estimate of drug-likeness (QED) is 0.661. The molecule has 126 valence electrons. The van der Waals surface area contributed by atoms with Gasteiger partial charge in [0.05, 0.1) is 6.54 Å². The molecule has 0 unspecified atom stereocenters.